The third-order valence-electron chi connectivity index (χ3n) is 2.05. The fraction of sp³-hybridized carbons (Fsp3) is 0.167. The first-order valence-electron chi connectivity index (χ1n) is 5.44. The van der Waals surface area contributed by atoms with Gasteiger partial charge >= 0.3 is 12.0 Å². The Morgan fingerprint density at radius 3 is 2.68 bits per heavy atom. The van der Waals surface area contributed by atoms with Gasteiger partial charge in [0, 0.05) is 0 Å². The highest BCUT2D eigenvalue weighted by molar-refractivity contribution is 6.28. The van der Waals surface area contributed by atoms with Gasteiger partial charge in [0.2, 0.25) is 5.28 Å². The zero-order chi connectivity index (χ0) is 13.7. The summed E-state index contributed by atoms with van der Waals surface area (Å²) >= 11 is 5.74. The molecule has 0 aliphatic carbocycles. The zero-order valence-corrected chi connectivity index (χ0v) is 10.8. The van der Waals surface area contributed by atoms with E-state index in [1.807, 2.05) is 6.07 Å². The van der Waals surface area contributed by atoms with Crippen LogP contribution in [-0.2, 0) is 0 Å². The van der Waals surface area contributed by atoms with Crippen molar-refractivity contribution in [1.29, 1.82) is 5.26 Å². The Balaban J connectivity index is 2.30. The number of nitrogens with zero attached hydrogens (tertiary/aromatic N) is 4. The summed E-state index contributed by atoms with van der Waals surface area (Å²) in [5.74, 6) is 0.342. The van der Waals surface area contributed by atoms with Crippen LogP contribution >= 0.6 is 11.6 Å². The van der Waals surface area contributed by atoms with Gasteiger partial charge in [-0.05, 0) is 30.7 Å². The number of halogens is 1. The van der Waals surface area contributed by atoms with Crippen molar-refractivity contribution in [3.8, 4) is 23.8 Å². The van der Waals surface area contributed by atoms with Crippen LogP contribution in [-0.4, -0.2) is 21.6 Å². The number of para-hydroxylation sites is 1. The second-order valence-corrected chi connectivity index (χ2v) is 3.65. The first kappa shape index (κ1) is 13.1. The van der Waals surface area contributed by atoms with E-state index in [9.17, 15) is 0 Å². The standard InChI is InChI=1S/C12H9ClN4O2/c1-2-18-11-15-10(13)16-12(17-11)19-9-6-4-3-5-8(9)7-14/h3-6H,2H2,1H3. The van der Waals surface area contributed by atoms with Crippen LogP contribution in [0.15, 0.2) is 24.3 Å². The molecule has 0 radical (unpaired) electrons. The predicted octanol–water partition coefficient (Wildman–Crippen LogP) is 2.59. The smallest absolute Gasteiger partial charge is 0.329 e. The highest BCUT2D eigenvalue weighted by atomic mass is 35.5. The number of benzene rings is 1. The summed E-state index contributed by atoms with van der Waals surface area (Å²) in [4.78, 5) is 11.5. The molecule has 96 valence electrons. The summed E-state index contributed by atoms with van der Waals surface area (Å²) in [7, 11) is 0. The third-order valence-corrected chi connectivity index (χ3v) is 2.22. The highest BCUT2D eigenvalue weighted by Gasteiger charge is 2.10. The van der Waals surface area contributed by atoms with E-state index in [0.717, 1.165) is 0 Å². The van der Waals surface area contributed by atoms with Gasteiger partial charge in [0.1, 0.15) is 11.8 Å². The first-order valence-corrected chi connectivity index (χ1v) is 5.82. The molecule has 0 saturated carbocycles. The highest BCUT2D eigenvalue weighted by Crippen LogP contribution is 2.23. The molecule has 19 heavy (non-hydrogen) atoms. The Morgan fingerprint density at radius 2 is 1.95 bits per heavy atom. The first-order chi connectivity index (χ1) is 9.22. The summed E-state index contributed by atoms with van der Waals surface area (Å²) in [5, 5.41) is 8.92. The van der Waals surface area contributed by atoms with Crippen LogP contribution in [0, 0.1) is 11.3 Å². The van der Waals surface area contributed by atoms with Gasteiger partial charge in [0.25, 0.3) is 0 Å². The van der Waals surface area contributed by atoms with Crippen molar-refractivity contribution in [1.82, 2.24) is 15.0 Å². The number of rotatable bonds is 4. The quantitative estimate of drug-likeness (QED) is 0.854. The minimum Gasteiger partial charge on any atom is -0.464 e. The van der Waals surface area contributed by atoms with Crippen molar-refractivity contribution in [3.05, 3.63) is 35.1 Å². The lowest BCUT2D eigenvalue weighted by Gasteiger charge is -2.06. The maximum atomic E-state index is 8.96. The van der Waals surface area contributed by atoms with Crippen molar-refractivity contribution < 1.29 is 9.47 Å². The molecule has 0 spiro atoms. The second kappa shape index (κ2) is 5.98. The number of hydrogen-bond acceptors (Lipinski definition) is 6. The maximum absolute atomic E-state index is 8.96. The lowest BCUT2D eigenvalue weighted by molar-refractivity contribution is 0.303. The van der Waals surface area contributed by atoms with Gasteiger partial charge in [-0.15, -0.1) is 4.98 Å². The molecule has 2 rings (SSSR count). The maximum Gasteiger partial charge on any atom is 0.329 e. The fourth-order valence-corrected chi connectivity index (χ4v) is 1.44. The molecule has 0 aliphatic rings. The van der Waals surface area contributed by atoms with E-state index in [1.165, 1.54) is 0 Å². The SMILES string of the molecule is CCOc1nc(Cl)nc(Oc2ccccc2C#N)n1. The van der Waals surface area contributed by atoms with Gasteiger partial charge < -0.3 is 9.47 Å². The molecule has 0 fully saturated rings. The van der Waals surface area contributed by atoms with Crippen LogP contribution in [0.2, 0.25) is 5.28 Å². The van der Waals surface area contributed by atoms with E-state index in [1.54, 1.807) is 31.2 Å². The van der Waals surface area contributed by atoms with Gasteiger partial charge in [-0.1, -0.05) is 12.1 Å². The molecule has 0 unspecified atom stereocenters. The Morgan fingerprint density at radius 1 is 1.21 bits per heavy atom. The van der Waals surface area contributed by atoms with Gasteiger partial charge in [-0.25, -0.2) is 0 Å². The molecule has 7 heteroatoms. The Bertz CT molecular complexity index is 627. The lowest BCUT2D eigenvalue weighted by atomic mass is 10.2. The van der Waals surface area contributed by atoms with Crippen molar-refractivity contribution in [2.24, 2.45) is 0 Å². The number of hydrogen-bond donors (Lipinski definition) is 0. The minimum atomic E-state index is -0.0390. The number of ether oxygens (including phenoxy) is 2. The van der Waals surface area contributed by atoms with Gasteiger partial charge in [0.05, 0.1) is 12.2 Å². The molecule has 0 amide bonds. The lowest BCUT2D eigenvalue weighted by Crippen LogP contribution is -2.02. The van der Waals surface area contributed by atoms with E-state index < -0.39 is 0 Å². The van der Waals surface area contributed by atoms with Gasteiger partial charge in [-0.2, -0.15) is 15.2 Å². The summed E-state index contributed by atoms with van der Waals surface area (Å²) < 4.78 is 10.5. The van der Waals surface area contributed by atoms with Crippen LogP contribution in [0.5, 0.6) is 17.8 Å². The van der Waals surface area contributed by atoms with Crippen molar-refractivity contribution in [2.75, 3.05) is 6.61 Å². The molecule has 0 aliphatic heterocycles. The van der Waals surface area contributed by atoms with Crippen LogP contribution in [0.4, 0.5) is 0 Å². The molecular weight excluding hydrogens is 268 g/mol. The fourth-order valence-electron chi connectivity index (χ4n) is 1.30. The van der Waals surface area contributed by atoms with Crippen molar-refractivity contribution in [2.45, 2.75) is 6.92 Å². The normalized spacial score (nSPS) is 9.74. The van der Waals surface area contributed by atoms with E-state index in [-0.39, 0.29) is 17.3 Å². The summed E-state index contributed by atoms with van der Waals surface area (Å²) in [6.45, 7) is 2.19. The predicted molar refractivity (Wildman–Crippen MR) is 67.2 cm³/mol. The Labute approximate surface area is 114 Å². The molecule has 6 nitrogen and oxygen atoms in total. The number of nitriles is 1. The molecular formula is C12H9ClN4O2. The van der Waals surface area contributed by atoms with Crippen LogP contribution in [0.3, 0.4) is 0 Å². The molecule has 0 N–H and O–H groups in total. The van der Waals surface area contributed by atoms with Crippen LogP contribution in [0.1, 0.15) is 12.5 Å². The summed E-state index contributed by atoms with van der Waals surface area (Å²) in [6, 6.07) is 8.80. The molecule has 1 heterocycles. The summed E-state index contributed by atoms with van der Waals surface area (Å²) in [5.41, 5.74) is 0.372. The van der Waals surface area contributed by atoms with Crippen molar-refractivity contribution >= 4 is 11.6 Å². The molecule has 2 aromatic rings. The van der Waals surface area contributed by atoms with E-state index in [2.05, 4.69) is 15.0 Å². The topological polar surface area (TPSA) is 80.9 Å². The second-order valence-electron chi connectivity index (χ2n) is 3.31. The largest absolute Gasteiger partial charge is 0.464 e. The van der Waals surface area contributed by atoms with Crippen LogP contribution < -0.4 is 9.47 Å². The number of aromatic nitrogens is 3. The van der Waals surface area contributed by atoms with E-state index in [4.69, 9.17) is 26.3 Å². The molecule has 1 aromatic carbocycles. The average molecular weight is 277 g/mol. The van der Waals surface area contributed by atoms with E-state index in [0.29, 0.717) is 17.9 Å². The van der Waals surface area contributed by atoms with Crippen LogP contribution in [0.25, 0.3) is 0 Å². The molecule has 0 saturated heterocycles. The molecule has 1 aromatic heterocycles. The minimum absolute atomic E-state index is 0.0221. The van der Waals surface area contributed by atoms with Gasteiger partial charge in [-0.3, -0.25) is 0 Å². The van der Waals surface area contributed by atoms with E-state index >= 15 is 0 Å². The monoisotopic (exact) mass is 276 g/mol. The van der Waals surface area contributed by atoms with Crippen molar-refractivity contribution in [3.63, 3.8) is 0 Å². The average Bonchev–Trinajstić information content (AvgIpc) is 2.39. The zero-order valence-electron chi connectivity index (χ0n) is 10.00. The van der Waals surface area contributed by atoms with Gasteiger partial charge in [0.15, 0.2) is 0 Å². The molecule has 0 bridgehead atoms. The Kier molecular flexibility index (Phi) is 4.11. The molecule has 0 atom stereocenters. The summed E-state index contributed by atoms with van der Waals surface area (Å²) in [6.07, 6.45) is 0. The third kappa shape index (κ3) is 3.30. The Hall–Kier alpha value is -2.39.